The first kappa shape index (κ1) is 9.81. The SMILES string of the molecule is CC(NN)c1ccc(Cl)c(Cl)c1. The Bertz CT molecular complexity index is 276. The minimum Gasteiger partial charge on any atom is -0.271 e. The lowest BCUT2D eigenvalue weighted by molar-refractivity contribution is 0.602. The lowest BCUT2D eigenvalue weighted by Crippen LogP contribution is -2.25. The highest BCUT2D eigenvalue weighted by Gasteiger charge is 2.04. The number of nitrogens with two attached hydrogens (primary N) is 1. The molecule has 2 nitrogen and oxygen atoms in total. The smallest absolute Gasteiger partial charge is 0.0595 e. The Morgan fingerprint density at radius 3 is 2.50 bits per heavy atom. The van der Waals surface area contributed by atoms with E-state index in [4.69, 9.17) is 29.0 Å². The fourth-order valence-corrected chi connectivity index (χ4v) is 1.18. The minimum atomic E-state index is 0.0831. The van der Waals surface area contributed by atoms with Gasteiger partial charge in [0.2, 0.25) is 0 Å². The summed E-state index contributed by atoms with van der Waals surface area (Å²) in [6.07, 6.45) is 0. The quantitative estimate of drug-likeness (QED) is 0.575. The molecule has 0 spiro atoms. The number of hydrogen-bond donors (Lipinski definition) is 2. The van der Waals surface area contributed by atoms with Gasteiger partial charge in [0.15, 0.2) is 0 Å². The van der Waals surface area contributed by atoms with Gasteiger partial charge in [0, 0.05) is 6.04 Å². The predicted octanol–water partition coefficient (Wildman–Crippen LogP) is 2.52. The maximum Gasteiger partial charge on any atom is 0.0595 e. The number of nitrogens with one attached hydrogen (secondary N) is 1. The number of hydrogen-bond acceptors (Lipinski definition) is 2. The monoisotopic (exact) mass is 204 g/mol. The van der Waals surface area contributed by atoms with E-state index in [-0.39, 0.29) is 6.04 Å². The summed E-state index contributed by atoms with van der Waals surface area (Å²) in [5.74, 6) is 5.27. The van der Waals surface area contributed by atoms with Gasteiger partial charge >= 0.3 is 0 Å². The average molecular weight is 205 g/mol. The van der Waals surface area contributed by atoms with Crippen LogP contribution in [-0.4, -0.2) is 0 Å². The molecule has 1 aromatic carbocycles. The van der Waals surface area contributed by atoms with Crippen LogP contribution >= 0.6 is 23.2 Å². The summed E-state index contributed by atoms with van der Waals surface area (Å²) in [5, 5.41) is 1.11. The van der Waals surface area contributed by atoms with E-state index in [0.29, 0.717) is 10.0 Å². The fraction of sp³-hybridized carbons (Fsp3) is 0.250. The molecule has 1 rings (SSSR count). The molecule has 0 amide bonds. The van der Waals surface area contributed by atoms with E-state index in [9.17, 15) is 0 Å². The van der Waals surface area contributed by atoms with E-state index in [1.54, 1.807) is 12.1 Å². The molecule has 0 bridgehead atoms. The zero-order valence-corrected chi connectivity index (χ0v) is 8.15. The Balaban J connectivity index is 2.96. The van der Waals surface area contributed by atoms with Gasteiger partial charge in [0.25, 0.3) is 0 Å². The van der Waals surface area contributed by atoms with Gasteiger partial charge < -0.3 is 0 Å². The lowest BCUT2D eigenvalue weighted by atomic mass is 10.1. The molecule has 66 valence electrons. The average Bonchev–Trinajstić information content (AvgIpc) is 2.08. The third kappa shape index (κ3) is 2.11. The van der Waals surface area contributed by atoms with Crippen LogP contribution in [0.15, 0.2) is 18.2 Å². The maximum absolute atomic E-state index is 5.81. The molecule has 0 aliphatic heterocycles. The van der Waals surface area contributed by atoms with Gasteiger partial charge in [-0.05, 0) is 24.6 Å². The molecule has 0 fully saturated rings. The second kappa shape index (κ2) is 4.10. The van der Waals surface area contributed by atoms with Crippen molar-refractivity contribution in [1.29, 1.82) is 0 Å². The summed E-state index contributed by atoms with van der Waals surface area (Å²) in [4.78, 5) is 0. The first-order chi connectivity index (χ1) is 5.65. The molecule has 0 heterocycles. The van der Waals surface area contributed by atoms with Crippen LogP contribution < -0.4 is 11.3 Å². The summed E-state index contributed by atoms with van der Waals surface area (Å²) in [7, 11) is 0. The Kier molecular flexibility index (Phi) is 3.35. The van der Waals surface area contributed by atoms with Crippen molar-refractivity contribution in [2.45, 2.75) is 13.0 Å². The molecule has 4 heteroatoms. The number of benzene rings is 1. The van der Waals surface area contributed by atoms with Gasteiger partial charge in [-0.25, -0.2) is 0 Å². The van der Waals surface area contributed by atoms with E-state index in [2.05, 4.69) is 5.43 Å². The van der Waals surface area contributed by atoms with Crippen LogP contribution in [0.3, 0.4) is 0 Å². The van der Waals surface area contributed by atoms with Crippen LogP contribution in [0.5, 0.6) is 0 Å². The number of halogens is 2. The Morgan fingerprint density at radius 1 is 1.33 bits per heavy atom. The van der Waals surface area contributed by atoms with Crippen molar-refractivity contribution >= 4 is 23.2 Å². The number of rotatable bonds is 2. The Labute approximate surface area is 81.6 Å². The molecule has 0 saturated carbocycles. The highest BCUT2D eigenvalue weighted by Crippen LogP contribution is 2.24. The summed E-state index contributed by atoms with van der Waals surface area (Å²) < 4.78 is 0. The first-order valence-electron chi connectivity index (χ1n) is 3.56. The first-order valence-corrected chi connectivity index (χ1v) is 4.32. The zero-order valence-electron chi connectivity index (χ0n) is 6.64. The van der Waals surface area contributed by atoms with E-state index in [0.717, 1.165) is 5.56 Å². The van der Waals surface area contributed by atoms with Crippen molar-refractivity contribution < 1.29 is 0 Å². The second-order valence-electron chi connectivity index (χ2n) is 2.56. The largest absolute Gasteiger partial charge is 0.271 e. The van der Waals surface area contributed by atoms with Crippen molar-refractivity contribution in [3.63, 3.8) is 0 Å². The van der Waals surface area contributed by atoms with E-state index < -0.39 is 0 Å². The highest BCUT2D eigenvalue weighted by molar-refractivity contribution is 6.42. The van der Waals surface area contributed by atoms with Gasteiger partial charge in [-0.3, -0.25) is 11.3 Å². The molecule has 0 aliphatic carbocycles. The van der Waals surface area contributed by atoms with Crippen LogP contribution in [0.25, 0.3) is 0 Å². The molecule has 1 atom stereocenters. The van der Waals surface area contributed by atoms with Crippen LogP contribution in [0, 0.1) is 0 Å². The van der Waals surface area contributed by atoms with Gasteiger partial charge in [0.05, 0.1) is 10.0 Å². The summed E-state index contributed by atoms with van der Waals surface area (Å²) >= 11 is 11.6. The second-order valence-corrected chi connectivity index (χ2v) is 3.38. The van der Waals surface area contributed by atoms with Gasteiger partial charge in [0.1, 0.15) is 0 Å². The zero-order chi connectivity index (χ0) is 9.14. The van der Waals surface area contributed by atoms with Gasteiger partial charge in [-0.15, -0.1) is 0 Å². The van der Waals surface area contributed by atoms with Crippen molar-refractivity contribution in [3.05, 3.63) is 33.8 Å². The van der Waals surface area contributed by atoms with Crippen molar-refractivity contribution in [3.8, 4) is 0 Å². The molecular formula is C8H10Cl2N2. The molecule has 3 N–H and O–H groups in total. The predicted molar refractivity (Wildman–Crippen MR) is 52.2 cm³/mol. The van der Waals surface area contributed by atoms with Crippen molar-refractivity contribution in [1.82, 2.24) is 5.43 Å². The highest BCUT2D eigenvalue weighted by atomic mass is 35.5. The molecule has 1 aromatic rings. The fourth-order valence-electron chi connectivity index (χ4n) is 0.878. The molecular weight excluding hydrogens is 195 g/mol. The third-order valence-corrected chi connectivity index (χ3v) is 2.43. The van der Waals surface area contributed by atoms with E-state index in [1.807, 2.05) is 13.0 Å². The Hall–Kier alpha value is -0.280. The van der Waals surface area contributed by atoms with Crippen molar-refractivity contribution in [2.24, 2.45) is 5.84 Å². The summed E-state index contributed by atoms with van der Waals surface area (Å²) in [6.45, 7) is 1.94. The standard InChI is InChI=1S/C8H10Cl2N2/c1-5(12-11)6-2-3-7(9)8(10)4-6/h2-5,12H,11H2,1H3. The molecule has 12 heavy (non-hydrogen) atoms. The van der Waals surface area contributed by atoms with Crippen molar-refractivity contribution in [2.75, 3.05) is 0 Å². The maximum atomic E-state index is 5.81. The lowest BCUT2D eigenvalue weighted by Gasteiger charge is -2.10. The summed E-state index contributed by atoms with van der Waals surface area (Å²) in [5.41, 5.74) is 3.65. The van der Waals surface area contributed by atoms with Crippen LogP contribution in [0.4, 0.5) is 0 Å². The van der Waals surface area contributed by atoms with Gasteiger partial charge in [-0.1, -0.05) is 29.3 Å². The van der Waals surface area contributed by atoms with Crippen LogP contribution in [0.1, 0.15) is 18.5 Å². The van der Waals surface area contributed by atoms with E-state index in [1.165, 1.54) is 0 Å². The normalized spacial score (nSPS) is 13.0. The molecule has 0 aliphatic rings. The topological polar surface area (TPSA) is 38.0 Å². The Morgan fingerprint density at radius 2 is 2.00 bits per heavy atom. The molecule has 0 aromatic heterocycles. The van der Waals surface area contributed by atoms with Crippen LogP contribution in [-0.2, 0) is 0 Å². The summed E-state index contributed by atoms with van der Waals surface area (Å²) in [6, 6.07) is 5.53. The molecule has 0 saturated heterocycles. The van der Waals surface area contributed by atoms with Gasteiger partial charge in [-0.2, -0.15) is 0 Å². The van der Waals surface area contributed by atoms with E-state index >= 15 is 0 Å². The minimum absolute atomic E-state index is 0.0831. The molecule has 0 radical (unpaired) electrons. The molecule has 1 unspecified atom stereocenters. The van der Waals surface area contributed by atoms with Crippen LogP contribution in [0.2, 0.25) is 10.0 Å². The number of hydrazine groups is 1. The third-order valence-electron chi connectivity index (χ3n) is 1.69.